The molecule has 0 aromatic carbocycles. The van der Waals surface area contributed by atoms with Crippen LogP contribution in [0.1, 0.15) is 13.8 Å². The summed E-state index contributed by atoms with van der Waals surface area (Å²) in [6.07, 6.45) is 0. The van der Waals surface area contributed by atoms with Crippen molar-refractivity contribution in [3.63, 3.8) is 0 Å². The van der Waals surface area contributed by atoms with Crippen molar-refractivity contribution in [2.24, 2.45) is 10.2 Å². The van der Waals surface area contributed by atoms with E-state index in [0.717, 1.165) is 12.0 Å². The molecule has 1 aliphatic heterocycles. The van der Waals surface area contributed by atoms with Gasteiger partial charge in [-0.05, 0) is 0 Å². The van der Waals surface area contributed by atoms with Crippen LogP contribution in [0.25, 0.3) is 0 Å². The number of hydrogen-bond donors (Lipinski definition) is 2. The lowest BCUT2D eigenvalue weighted by Gasteiger charge is -2.10. The van der Waals surface area contributed by atoms with Crippen LogP contribution in [0.5, 0.6) is 0 Å². The number of hydrazone groups is 2. The molecule has 0 aliphatic carbocycles. The molecule has 0 saturated heterocycles. The van der Waals surface area contributed by atoms with Crippen molar-refractivity contribution in [3.8, 4) is 0 Å². The molecule has 0 aromatic rings. The fourth-order valence-electron chi connectivity index (χ4n) is 0.437. The largest absolute Gasteiger partial charge is 0.401 e. The first-order valence-electron chi connectivity index (χ1n) is 3.17. The van der Waals surface area contributed by atoms with Gasteiger partial charge in [-0.3, -0.25) is 4.79 Å². The lowest BCUT2D eigenvalue weighted by atomic mass is 10.8. The summed E-state index contributed by atoms with van der Waals surface area (Å²) in [5.41, 5.74) is 4.83. The SMILES string of the molecule is CC(=O)N/N=C1\NN=C(C)OS1. The Hall–Kier alpha value is -1.24. The number of carbonyl (C=O) groups excluding carboxylic acids is 1. The molecule has 7 heteroatoms. The monoisotopic (exact) mass is 188 g/mol. The number of carbonyl (C=O) groups is 1. The molecule has 66 valence electrons. The minimum atomic E-state index is -0.240. The van der Waals surface area contributed by atoms with Crippen molar-refractivity contribution in [2.45, 2.75) is 13.8 Å². The second-order valence-corrected chi connectivity index (χ2v) is 2.71. The van der Waals surface area contributed by atoms with Crippen LogP contribution in [0, 0.1) is 0 Å². The normalized spacial score (nSPS) is 19.2. The summed E-state index contributed by atoms with van der Waals surface area (Å²) in [6, 6.07) is 0. The van der Waals surface area contributed by atoms with Crippen molar-refractivity contribution < 1.29 is 8.98 Å². The van der Waals surface area contributed by atoms with E-state index in [4.69, 9.17) is 4.18 Å². The molecule has 0 fully saturated rings. The van der Waals surface area contributed by atoms with Gasteiger partial charge in [-0.2, -0.15) is 0 Å². The molecule has 2 N–H and O–H groups in total. The first kappa shape index (κ1) is 8.85. The van der Waals surface area contributed by atoms with Crippen LogP contribution < -0.4 is 10.9 Å². The molecule has 0 bridgehead atoms. The van der Waals surface area contributed by atoms with Gasteiger partial charge in [0.2, 0.25) is 17.0 Å². The van der Waals surface area contributed by atoms with Crippen LogP contribution in [-0.2, 0) is 8.98 Å². The summed E-state index contributed by atoms with van der Waals surface area (Å²) in [7, 11) is 0. The second-order valence-electron chi connectivity index (χ2n) is 1.99. The van der Waals surface area contributed by atoms with Gasteiger partial charge < -0.3 is 4.18 Å². The van der Waals surface area contributed by atoms with Gasteiger partial charge in [-0.25, -0.2) is 10.9 Å². The van der Waals surface area contributed by atoms with Crippen LogP contribution in [0.15, 0.2) is 10.2 Å². The predicted octanol–water partition coefficient (Wildman–Crippen LogP) is -0.00510. The summed E-state index contributed by atoms with van der Waals surface area (Å²) >= 11 is 1.01. The van der Waals surface area contributed by atoms with E-state index in [0.29, 0.717) is 11.1 Å². The highest BCUT2D eigenvalue weighted by Gasteiger charge is 2.08. The molecule has 0 spiro atoms. The molecule has 1 rings (SSSR count). The first-order chi connectivity index (χ1) is 5.68. The number of rotatable bonds is 1. The Morgan fingerprint density at radius 1 is 1.83 bits per heavy atom. The molecule has 0 aromatic heterocycles. The molecule has 0 unspecified atom stereocenters. The van der Waals surface area contributed by atoms with E-state index in [-0.39, 0.29) is 5.91 Å². The highest BCUT2D eigenvalue weighted by molar-refractivity contribution is 8.10. The number of nitrogens with zero attached hydrogens (tertiary/aromatic N) is 2. The lowest BCUT2D eigenvalue weighted by molar-refractivity contribution is -0.118. The molecule has 12 heavy (non-hydrogen) atoms. The number of nitrogens with one attached hydrogen (secondary N) is 2. The molecule has 1 heterocycles. The van der Waals surface area contributed by atoms with Crippen molar-refractivity contribution >= 4 is 29.0 Å². The van der Waals surface area contributed by atoms with Crippen molar-refractivity contribution in [1.29, 1.82) is 0 Å². The van der Waals surface area contributed by atoms with Gasteiger partial charge in [-0.15, -0.1) is 10.2 Å². The lowest BCUT2D eigenvalue weighted by Crippen LogP contribution is -2.25. The second kappa shape index (κ2) is 3.96. The Bertz CT molecular complexity index is 250. The summed E-state index contributed by atoms with van der Waals surface area (Å²) in [5, 5.41) is 7.78. The Morgan fingerprint density at radius 3 is 3.08 bits per heavy atom. The summed E-state index contributed by atoms with van der Waals surface area (Å²) in [4.78, 5) is 10.4. The molecule has 0 saturated carbocycles. The standard InChI is InChI=1S/C5H8N4O2S/c1-3(10)6-8-5-9-7-4(2)11-12-5/h1-2H3,(H,6,10)(H,8,9). The van der Waals surface area contributed by atoms with Crippen molar-refractivity contribution in [1.82, 2.24) is 10.9 Å². The van der Waals surface area contributed by atoms with Crippen LogP contribution >= 0.6 is 12.0 Å². The minimum absolute atomic E-state index is 0.240. The summed E-state index contributed by atoms with van der Waals surface area (Å²) in [6.45, 7) is 3.07. The predicted molar refractivity (Wildman–Crippen MR) is 46.2 cm³/mol. The molecular formula is C5H8N4O2S. The van der Waals surface area contributed by atoms with Gasteiger partial charge in [0.05, 0.1) is 0 Å². The maximum atomic E-state index is 10.4. The summed E-state index contributed by atoms with van der Waals surface area (Å²) < 4.78 is 4.94. The van der Waals surface area contributed by atoms with E-state index in [2.05, 4.69) is 21.1 Å². The third kappa shape index (κ3) is 2.79. The third-order valence-corrected chi connectivity index (χ3v) is 1.53. The van der Waals surface area contributed by atoms with Crippen LogP contribution in [0.2, 0.25) is 0 Å². The maximum Gasteiger partial charge on any atom is 0.240 e. The average molecular weight is 188 g/mol. The van der Waals surface area contributed by atoms with Gasteiger partial charge in [0.25, 0.3) is 0 Å². The first-order valence-corrected chi connectivity index (χ1v) is 3.92. The van der Waals surface area contributed by atoms with E-state index in [1.54, 1.807) is 6.92 Å². The zero-order valence-electron chi connectivity index (χ0n) is 6.62. The van der Waals surface area contributed by atoms with Crippen molar-refractivity contribution in [2.75, 3.05) is 0 Å². The Balaban J connectivity index is 2.45. The molecule has 0 radical (unpaired) electrons. The number of amides is 1. The molecule has 0 atom stereocenters. The van der Waals surface area contributed by atoms with Gasteiger partial charge in [0, 0.05) is 13.8 Å². The molecule has 6 nitrogen and oxygen atoms in total. The van der Waals surface area contributed by atoms with Gasteiger partial charge in [0.1, 0.15) is 12.0 Å². The van der Waals surface area contributed by atoms with E-state index < -0.39 is 0 Å². The van der Waals surface area contributed by atoms with Crippen molar-refractivity contribution in [3.05, 3.63) is 0 Å². The zero-order chi connectivity index (χ0) is 8.97. The Morgan fingerprint density at radius 2 is 2.58 bits per heavy atom. The maximum absolute atomic E-state index is 10.4. The fraction of sp³-hybridized carbons (Fsp3) is 0.400. The number of amidine groups is 1. The van der Waals surface area contributed by atoms with Crippen LogP contribution in [0.3, 0.4) is 0 Å². The number of hydrogen-bond acceptors (Lipinski definition) is 5. The van der Waals surface area contributed by atoms with Crippen LogP contribution in [-0.4, -0.2) is 17.0 Å². The minimum Gasteiger partial charge on any atom is -0.401 e. The summed E-state index contributed by atoms with van der Waals surface area (Å²) in [5.74, 6) is 0.276. The van der Waals surface area contributed by atoms with Crippen LogP contribution in [0.4, 0.5) is 0 Å². The van der Waals surface area contributed by atoms with Gasteiger partial charge >= 0.3 is 0 Å². The fourth-order valence-corrected chi connectivity index (χ4v) is 0.839. The highest BCUT2D eigenvalue weighted by atomic mass is 32.2. The van der Waals surface area contributed by atoms with E-state index >= 15 is 0 Å². The quantitative estimate of drug-likeness (QED) is 0.448. The van der Waals surface area contributed by atoms with E-state index in [9.17, 15) is 4.79 Å². The van der Waals surface area contributed by atoms with E-state index in [1.165, 1.54) is 6.92 Å². The zero-order valence-corrected chi connectivity index (χ0v) is 7.44. The van der Waals surface area contributed by atoms with Gasteiger partial charge in [0.15, 0.2) is 0 Å². The Labute approximate surface area is 73.6 Å². The highest BCUT2D eigenvalue weighted by Crippen LogP contribution is 2.08. The topological polar surface area (TPSA) is 75.1 Å². The molecule has 1 amide bonds. The van der Waals surface area contributed by atoms with E-state index in [1.807, 2.05) is 0 Å². The third-order valence-electron chi connectivity index (χ3n) is 0.865. The average Bonchev–Trinajstić information content (AvgIpc) is 2.03. The smallest absolute Gasteiger partial charge is 0.240 e. The molecular weight excluding hydrogens is 180 g/mol. The van der Waals surface area contributed by atoms with Gasteiger partial charge in [-0.1, -0.05) is 0 Å². The Kier molecular flexibility index (Phi) is 2.92. The molecule has 1 aliphatic rings.